The average molecular weight is 215 g/mol. The van der Waals surface area contributed by atoms with Crippen LogP contribution in [0.25, 0.3) is 0 Å². The number of hydrogen-bond acceptors (Lipinski definition) is 5. The zero-order valence-corrected chi connectivity index (χ0v) is 8.54. The molecule has 0 aliphatic rings. The maximum absolute atomic E-state index is 10.9. The fourth-order valence-electron chi connectivity index (χ4n) is 0.718. The minimum atomic E-state index is -1.10. The molecule has 0 saturated heterocycles. The molecule has 0 aromatic carbocycles. The molecular weight excluding hydrogens is 206 g/mol. The van der Waals surface area contributed by atoms with Crippen LogP contribution in [0.5, 0.6) is 0 Å². The van der Waals surface area contributed by atoms with Crippen LogP contribution in [0.3, 0.4) is 0 Å². The highest BCUT2D eigenvalue weighted by Gasteiger charge is 2.12. The third-order valence-electron chi connectivity index (χ3n) is 1.56. The van der Waals surface area contributed by atoms with E-state index in [1.807, 2.05) is 0 Å². The number of amides is 1. The van der Waals surface area contributed by atoms with Crippen molar-refractivity contribution in [2.24, 2.45) is 0 Å². The van der Waals surface area contributed by atoms with Crippen LogP contribution in [-0.4, -0.2) is 39.1 Å². The second kappa shape index (κ2) is 4.14. The molecule has 0 fully saturated rings. The van der Waals surface area contributed by atoms with Gasteiger partial charge in [0.05, 0.1) is 6.54 Å². The largest absolute Gasteiger partial charge is 0.476 e. The molecular formula is C7H9N3O3S. The Balaban J connectivity index is 2.69. The Labute approximate surface area is 84.2 Å². The molecule has 0 aliphatic carbocycles. The number of hydrogen-bond donors (Lipinski definition) is 1. The van der Waals surface area contributed by atoms with E-state index in [2.05, 4.69) is 10.2 Å². The van der Waals surface area contributed by atoms with Gasteiger partial charge in [0.15, 0.2) is 0 Å². The van der Waals surface area contributed by atoms with Gasteiger partial charge in [-0.2, -0.15) is 0 Å². The van der Waals surface area contributed by atoms with Crippen LogP contribution in [0.15, 0.2) is 0 Å². The lowest BCUT2D eigenvalue weighted by molar-refractivity contribution is -0.128. The molecule has 7 heteroatoms. The van der Waals surface area contributed by atoms with E-state index in [-0.39, 0.29) is 10.9 Å². The van der Waals surface area contributed by atoms with E-state index in [1.54, 1.807) is 7.05 Å². The lowest BCUT2D eigenvalue weighted by Gasteiger charge is -2.11. The Morgan fingerprint density at radius 3 is 2.57 bits per heavy atom. The lowest BCUT2D eigenvalue weighted by Crippen LogP contribution is -2.22. The molecule has 0 radical (unpaired) electrons. The monoisotopic (exact) mass is 215 g/mol. The zero-order valence-electron chi connectivity index (χ0n) is 7.72. The Hall–Kier alpha value is -1.50. The Kier molecular flexibility index (Phi) is 3.13. The number of aromatic nitrogens is 2. The molecule has 1 rings (SSSR count). The van der Waals surface area contributed by atoms with Crippen LogP contribution >= 0.6 is 11.3 Å². The van der Waals surface area contributed by atoms with Gasteiger partial charge in [0.25, 0.3) is 0 Å². The SMILES string of the molecule is CC(=O)N(C)Cc1nnc(C(=O)O)s1. The normalized spacial score (nSPS) is 9.86. The summed E-state index contributed by atoms with van der Waals surface area (Å²) >= 11 is 0.971. The minimum absolute atomic E-state index is 0.0584. The van der Waals surface area contributed by atoms with Gasteiger partial charge in [0.1, 0.15) is 5.01 Å². The van der Waals surface area contributed by atoms with Crippen molar-refractivity contribution in [1.29, 1.82) is 0 Å². The summed E-state index contributed by atoms with van der Waals surface area (Å²) in [7, 11) is 1.62. The van der Waals surface area contributed by atoms with Gasteiger partial charge in [-0.25, -0.2) is 4.79 Å². The number of carbonyl (C=O) groups excluding carboxylic acids is 1. The summed E-state index contributed by atoms with van der Waals surface area (Å²) in [4.78, 5) is 22.8. The third kappa shape index (κ3) is 2.49. The topological polar surface area (TPSA) is 83.4 Å². The van der Waals surface area contributed by atoms with Gasteiger partial charge < -0.3 is 10.0 Å². The predicted octanol–water partition coefficient (Wildman–Crippen LogP) is 0.215. The average Bonchev–Trinajstić information content (AvgIpc) is 2.52. The molecule has 0 unspecified atom stereocenters. The summed E-state index contributed by atoms with van der Waals surface area (Å²) in [6.45, 7) is 1.72. The number of carboxylic acid groups (broad SMARTS) is 1. The molecule has 1 heterocycles. The first-order chi connectivity index (χ1) is 6.50. The Morgan fingerprint density at radius 2 is 2.14 bits per heavy atom. The molecule has 14 heavy (non-hydrogen) atoms. The van der Waals surface area contributed by atoms with Crippen molar-refractivity contribution in [3.63, 3.8) is 0 Å². The van der Waals surface area contributed by atoms with Gasteiger partial charge >= 0.3 is 5.97 Å². The summed E-state index contributed by atoms with van der Waals surface area (Å²) in [5.74, 6) is -1.20. The molecule has 76 valence electrons. The zero-order chi connectivity index (χ0) is 10.7. The summed E-state index contributed by atoms with van der Waals surface area (Å²) in [5.41, 5.74) is 0. The molecule has 1 amide bonds. The van der Waals surface area contributed by atoms with E-state index in [4.69, 9.17) is 5.11 Å². The number of carbonyl (C=O) groups is 2. The van der Waals surface area contributed by atoms with Crippen molar-refractivity contribution in [3.8, 4) is 0 Å². The number of nitrogens with zero attached hydrogens (tertiary/aromatic N) is 3. The molecule has 1 aromatic heterocycles. The molecule has 6 nitrogen and oxygen atoms in total. The van der Waals surface area contributed by atoms with Crippen LogP contribution in [-0.2, 0) is 11.3 Å². The molecule has 0 atom stereocenters. The van der Waals surface area contributed by atoms with Crippen molar-refractivity contribution < 1.29 is 14.7 Å². The van der Waals surface area contributed by atoms with Crippen molar-refractivity contribution in [1.82, 2.24) is 15.1 Å². The fourth-order valence-corrected chi connectivity index (χ4v) is 1.45. The number of carboxylic acids is 1. The standard InChI is InChI=1S/C7H9N3O3S/c1-4(11)10(2)3-5-8-9-6(14-5)7(12)13/h3H2,1-2H3,(H,12,13). The van der Waals surface area contributed by atoms with Crippen LogP contribution in [0.2, 0.25) is 0 Å². The Morgan fingerprint density at radius 1 is 1.50 bits per heavy atom. The van der Waals surface area contributed by atoms with Gasteiger partial charge in [0, 0.05) is 14.0 Å². The van der Waals surface area contributed by atoms with Gasteiger partial charge in [0.2, 0.25) is 10.9 Å². The summed E-state index contributed by atoms with van der Waals surface area (Å²) < 4.78 is 0. The van der Waals surface area contributed by atoms with Crippen molar-refractivity contribution in [2.75, 3.05) is 7.05 Å². The molecule has 0 bridgehead atoms. The van der Waals surface area contributed by atoms with Gasteiger partial charge in [-0.1, -0.05) is 11.3 Å². The van der Waals surface area contributed by atoms with E-state index in [1.165, 1.54) is 11.8 Å². The van der Waals surface area contributed by atoms with E-state index < -0.39 is 5.97 Å². The summed E-state index contributed by atoms with van der Waals surface area (Å²) in [6, 6.07) is 0. The second-order valence-corrected chi connectivity index (χ2v) is 3.74. The summed E-state index contributed by atoms with van der Waals surface area (Å²) in [6.07, 6.45) is 0. The maximum Gasteiger partial charge on any atom is 0.367 e. The van der Waals surface area contributed by atoms with E-state index in [0.717, 1.165) is 11.3 Å². The molecule has 0 saturated carbocycles. The van der Waals surface area contributed by atoms with Crippen molar-refractivity contribution >= 4 is 23.2 Å². The molecule has 0 spiro atoms. The first-order valence-corrected chi connectivity index (χ1v) is 4.59. The van der Waals surface area contributed by atoms with E-state index in [0.29, 0.717) is 11.6 Å². The summed E-state index contributed by atoms with van der Waals surface area (Å²) in [5, 5.41) is 16.1. The Bertz CT molecular complexity index is 363. The maximum atomic E-state index is 10.9. The smallest absolute Gasteiger partial charge is 0.367 e. The van der Waals surface area contributed by atoms with Gasteiger partial charge in [-0.3, -0.25) is 4.79 Å². The first kappa shape index (κ1) is 10.6. The highest BCUT2D eigenvalue weighted by Crippen LogP contribution is 2.11. The van der Waals surface area contributed by atoms with Gasteiger partial charge in [-0.05, 0) is 0 Å². The number of rotatable bonds is 3. The highest BCUT2D eigenvalue weighted by atomic mass is 32.1. The highest BCUT2D eigenvalue weighted by molar-refractivity contribution is 7.13. The predicted molar refractivity (Wildman–Crippen MR) is 49.0 cm³/mol. The molecule has 0 aliphatic heterocycles. The van der Waals surface area contributed by atoms with Crippen molar-refractivity contribution in [2.45, 2.75) is 13.5 Å². The third-order valence-corrected chi connectivity index (χ3v) is 2.46. The van der Waals surface area contributed by atoms with E-state index in [9.17, 15) is 9.59 Å². The minimum Gasteiger partial charge on any atom is -0.476 e. The molecule has 1 N–H and O–H groups in total. The van der Waals surface area contributed by atoms with Gasteiger partial charge in [-0.15, -0.1) is 10.2 Å². The van der Waals surface area contributed by atoms with Crippen LogP contribution in [0, 0.1) is 0 Å². The first-order valence-electron chi connectivity index (χ1n) is 3.78. The lowest BCUT2D eigenvalue weighted by atomic mass is 10.5. The fraction of sp³-hybridized carbons (Fsp3) is 0.429. The number of aromatic carboxylic acids is 1. The van der Waals surface area contributed by atoms with E-state index >= 15 is 0 Å². The molecule has 1 aromatic rings. The quantitative estimate of drug-likeness (QED) is 0.779. The van der Waals surface area contributed by atoms with Crippen molar-refractivity contribution in [3.05, 3.63) is 10.0 Å². The second-order valence-electron chi connectivity index (χ2n) is 2.68. The van der Waals surface area contributed by atoms with Crippen LogP contribution in [0.4, 0.5) is 0 Å². The van der Waals surface area contributed by atoms with Crippen LogP contribution in [0.1, 0.15) is 21.7 Å². The van der Waals surface area contributed by atoms with Crippen LogP contribution < -0.4 is 0 Å².